The molecule has 2 aliphatic heterocycles. The van der Waals surface area contributed by atoms with Crippen LogP contribution in [0.25, 0.3) is 0 Å². The lowest BCUT2D eigenvalue weighted by atomic mass is 9.92. The quantitative estimate of drug-likeness (QED) is 0.685. The molecule has 4 heterocycles. The summed E-state index contributed by atoms with van der Waals surface area (Å²) < 4.78 is 34.4. The first kappa shape index (κ1) is 21.4. The minimum Gasteiger partial charge on any atom is -0.373 e. The molecule has 172 valence electrons. The number of aryl methyl sites for hydroxylation is 1. The van der Waals surface area contributed by atoms with E-state index >= 15 is 0 Å². The normalized spacial score (nSPS) is 29.4. The van der Waals surface area contributed by atoms with E-state index in [1.54, 1.807) is 24.0 Å². The Hall–Kier alpha value is -2.43. The van der Waals surface area contributed by atoms with Crippen molar-refractivity contribution in [3.8, 4) is 0 Å². The van der Waals surface area contributed by atoms with Crippen molar-refractivity contribution in [2.24, 2.45) is 0 Å². The zero-order valence-corrected chi connectivity index (χ0v) is 18.3. The molecule has 2 N–H and O–H groups in total. The largest absolute Gasteiger partial charge is 0.373 e. The number of nitrogens with one attached hydrogen (secondary N) is 1. The zero-order valence-electron chi connectivity index (χ0n) is 18.3. The number of aliphatic hydroxyl groups is 1. The molecule has 1 saturated carbocycles. The average Bonchev–Trinajstić information content (AvgIpc) is 3.12. The van der Waals surface area contributed by atoms with Gasteiger partial charge < -0.3 is 9.84 Å². The highest BCUT2D eigenvalue weighted by Crippen LogP contribution is 2.55. The highest BCUT2D eigenvalue weighted by atomic mass is 19.3. The smallest absolute Gasteiger partial charge is 0.257 e. The van der Waals surface area contributed by atoms with Gasteiger partial charge in [-0.1, -0.05) is 6.92 Å². The number of ether oxygens (including phenoxy) is 1. The van der Waals surface area contributed by atoms with Crippen molar-refractivity contribution in [3.05, 3.63) is 40.8 Å². The van der Waals surface area contributed by atoms with Crippen molar-refractivity contribution in [1.82, 2.24) is 20.1 Å². The van der Waals surface area contributed by atoms with Crippen molar-refractivity contribution >= 4 is 11.7 Å². The summed E-state index contributed by atoms with van der Waals surface area (Å²) in [5.74, 6) is -3.36. The third-order valence-corrected chi connectivity index (χ3v) is 7.00. The molecule has 8 nitrogen and oxygen atoms in total. The summed E-state index contributed by atoms with van der Waals surface area (Å²) in [5.41, 5.74) is 2.32. The number of nitrogens with zero attached hydrogens (tertiary/aromatic N) is 4. The van der Waals surface area contributed by atoms with Crippen molar-refractivity contribution in [2.75, 3.05) is 11.9 Å². The minimum atomic E-state index is -2.71. The van der Waals surface area contributed by atoms with E-state index in [0.717, 1.165) is 17.5 Å². The van der Waals surface area contributed by atoms with Crippen LogP contribution in [0, 0.1) is 0 Å². The van der Waals surface area contributed by atoms with E-state index in [1.807, 2.05) is 19.9 Å². The second-order valence-corrected chi connectivity index (χ2v) is 9.12. The number of pyridine rings is 1. The van der Waals surface area contributed by atoms with Gasteiger partial charge in [0.1, 0.15) is 12.0 Å². The first-order valence-electron chi connectivity index (χ1n) is 10.9. The van der Waals surface area contributed by atoms with Crippen LogP contribution in [0.2, 0.25) is 0 Å². The fourth-order valence-corrected chi connectivity index (χ4v) is 4.58. The number of likely N-dealkylation sites (N-methyl/N-ethyl adjacent to an activating group) is 1. The van der Waals surface area contributed by atoms with Crippen LogP contribution in [-0.4, -0.2) is 44.8 Å². The molecule has 32 heavy (non-hydrogen) atoms. The lowest BCUT2D eigenvalue weighted by Gasteiger charge is -2.25. The van der Waals surface area contributed by atoms with Crippen LogP contribution in [0.5, 0.6) is 0 Å². The standard InChI is InChI=1S/C22H27F2N5O3/c1-4-21(2)13-7-17(25-10-12(13)11-32-21)19(30)26-15-5-6-29-18(28(3)20(15)31)8-16(27-29)14-9-22(14,23)24/h7-8,10,14-15,19,26,30H,4-6,9,11H2,1-3H3/t14-,15+,19?,21+/m1/s1. The van der Waals surface area contributed by atoms with E-state index in [4.69, 9.17) is 4.74 Å². The molecule has 1 fully saturated rings. The first-order chi connectivity index (χ1) is 15.1. The molecule has 0 saturated heterocycles. The number of rotatable bonds is 5. The van der Waals surface area contributed by atoms with Crippen molar-refractivity contribution in [3.63, 3.8) is 0 Å². The molecule has 2 aromatic rings. The number of anilines is 1. The summed E-state index contributed by atoms with van der Waals surface area (Å²) in [7, 11) is 1.59. The van der Waals surface area contributed by atoms with Crippen molar-refractivity contribution < 1.29 is 23.4 Å². The lowest BCUT2D eigenvalue weighted by molar-refractivity contribution is -0.121. The number of halogens is 2. The SMILES string of the molecule is CC[C@]1(C)OCc2cnc(C(O)N[C@H]3CCn4nc([C@H]5CC5(F)F)cc4N(C)C3=O)cc21. The third kappa shape index (κ3) is 3.41. The number of hydrogen-bond acceptors (Lipinski definition) is 6. The van der Waals surface area contributed by atoms with Gasteiger partial charge >= 0.3 is 0 Å². The van der Waals surface area contributed by atoms with Crippen LogP contribution in [-0.2, 0) is 28.3 Å². The predicted molar refractivity (Wildman–Crippen MR) is 111 cm³/mol. The van der Waals surface area contributed by atoms with Crippen LogP contribution in [0.1, 0.15) is 67.8 Å². The number of fused-ring (bicyclic) bond motifs is 2. The average molecular weight is 447 g/mol. The van der Waals surface area contributed by atoms with Crippen LogP contribution in [0.3, 0.4) is 0 Å². The Labute approximate surface area is 184 Å². The van der Waals surface area contributed by atoms with Gasteiger partial charge in [0.05, 0.1) is 35.6 Å². The lowest BCUT2D eigenvalue weighted by Crippen LogP contribution is -2.45. The van der Waals surface area contributed by atoms with E-state index < -0.39 is 29.7 Å². The number of alkyl halides is 2. The van der Waals surface area contributed by atoms with E-state index in [0.29, 0.717) is 36.8 Å². The van der Waals surface area contributed by atoms with Gasteiger partial charge in [0.15, 0.2) is 0 Å². The fraction of sp³-hybridized carbons (Fsp3) is 0.591. The summed E-state index contributed by atoms with van der Waals surface area (Å²) in [6, 6.07) is 2.73. The molecule has 0 aromatic carbocycles. The molecular weight excluding hydrogens is 420 g/mol. The molecule has 0 spiro atoms. The maximum atomic E-state index is 13.4. The Balaban J connectivity index is 1.32. The number of aliphatic hydroxyl groups excluding tert-OH is 1. The molecule has 3 aliphatic rings. The monoisotopic (exact) mass is 447 g/mol. The molecule has 4 atom stereocenters. The van der Waals surface area contributed by atoms with Gasteiger partial charge in [-0.15, -0.1) is 0 Å². The van der Waals surface area contributed by atoms with Gasteiger partial charge in [0, 0.05) is 37.8 Å². The van der Waals surface area contributed by atoms with Gasteiger partial charge in [-0.25, -0.2) is 13.5 Å². The Morgan fingerprint density at radius 1 is 1.41 bits per heavy atom. The fourth-order valence-electron chi connectivity index (χ4n) is 4.58. The molecule has 2 aromatic heterocycles. The number of carbonyl (C=O) groups excluding carboxylic acids is 1. The van der Waals surface area contributed by atoms with Crippen LogP contribution >= 0.6 is 0 Å². The highest BCUT2D eigenvalue weighted by Gasteiger charge is 2.59. The second-order valence-electron chi connectivity index (χ2n) is 9.12. The summed E-state index contributed by atoms with van der Waals surface area (Å²) in [4.78, 5) is 18.8. The Kier molecular flexibility index (Phi) is 4.88. The van der Waals surface area contributed by atoms with Crippen LogP contribution < -0.4 is 10.2 Å². The van der Waals surface area contributed by atoms with Crippen LogP contribution in [0.4, 0.5) is 14.6 Å². The Morgan fingerprint density at radius 3 is 2.84 bits per heavy atom. The maximum absolute atomic E-state index is 13.4. The molecule has 0 bridgehead atoms. The van der Waals surface area contributed by atoms with Gasteiger partial charge in [-0.05, 0) is 31.4 Å². The number of aromatic nitrogens is 3. The predicted octanol–water partition coefficient (Wildman–Crippen LogP) is 2.57. The minimum absolute atomic E-state index is 0.201. The molecule has 5 rings (SSSR count). The first-order valence-corrected chi connectivity index (χ1v) is 10.9. The topological polar surface area (TPSA) is 92.5 Å². The molecule has 1 amide bonds. The summed E-state index contributed by atoms with van der Waals surface area (Å²) in [6.07, 6.45) is 1.51. The highest BCUT2D eigenvalue weighted by molar-refractivity contribution is 5.96. The van der Waals surface area contributed by atoms with E-state index in [1.165, 1.54) is 4.90 Å². The van der Waals surface area contributed by atoms with Gasteiger partial charge in [0.2, 0.25) is 5.91 Å². The second kappa shape index (κ2) is 7.29. The van der Waals surface area contributed by atoms with E-state index in [2.05, 4.69) is 15.4 Å². The number of hydrogen-bond donors (Lipinski definition) is 2. The number of amides is 1. The molecule has 1 unspecified atom stereocenters. The maximum Gasteiger partial charge on any atom is 0.257 e. The summed E-state index contributed by atoms with van der Waals surface area (Å²) in [6.45, 7) is 4.92. The molecule has 1 aliphatic carbocycles. The Morgan fingerprint density at radius 2 is 2.16 bits per heavy atom. The van der Waals surface area contributed by atoms with Gasteiger partial charge in [-0.2, -0.15) is 5.10 Å². The van der Waals surface area contributed by atoms with E-state index in [9.17, 15) is 18.7 Å². The van der Waals surface area contributed by atoms with E-state index in [-0.39, 0.29) is 12.3 Å². The zero-order chi connectivity index (χ0) is 22.8. The van der Waals surface area contributed by atoms with Crippen LogP contribution in [0.15, 0.2) is 18.3 Å². The molecular formula is C22H27F2N5O3. The van der Waals surface area contributed by atoms with Crippen molar-refractivity contribution in [2.45, 2.75) is 76.0 Å². The van der Waals surface area contributed by atoms with Gasteiger partial charge in [-0.3, -0.25) is 20.0 Å². The molecule has 0 radical (unpaired) electrons. The third-order valence-electron chi connectivity index (χ3n) is 7.00. The van der Waals surface area contributed by atoms with Gasteiger partial charge in [0.25, 0.3) is 5.92 Å². The van der Waals surface area contributed by atoms with Crippen molar-refractivity contribution in [1.29, 1.82) is 0 Å². The summed E-state index contributed by atoms with van der Waals surface area (Å²) in [5, 5.41) is 18.1. The number of carbonyl (C=O) groups is 1. The Bertz CT molecular complexity index is 1070. The molecule has 10 heteroatoms. The summed E-state index contributed by atoms with van der Waals surface area (Å²) >= 11 is 0.